The van der Waals surface area contributed by atoms with Crippen LogP contribution in [-0.2, 0) is 0 Å². The van der Waals surface area contributed by atoms with Crippen molar-refractivity contribution in [3.63, 3.8) is 0 Å². The van der Waals surface area contributed by atoms with Crippen LogP contribution in [0.15, 0.2) is 218 Å². The summed E-state index contributed by atoms with van der Waals surface area (Å²) in [5.41, 5.74) is 9.24. The summed E-state index contributed by atoms with van der Waals surface area (Å²) < 4.78 is 47.6. The van der Waals surface area contributed by atoms with Gasteiger partial charge in [-0.05, 0) is 78.2 Å². The third-order valence-corrected chi connectivity index (χ3v) is 15.7. The van der Waals surface area contributed by atoms with Gasteiger partial charge < -0.3 is 9.13 Å². The monoisotopic (exact) mass is 952 g/mol. The summed E-state index contributed by atoms with van der Waals surface area (Å²) in [6.07, 6.45) is 0. The molecule has 6 aromatic heterocycles. The van der Waals surface area contributed by atoms with E-state index in [1.807, 2.05) is 78.9 Å². The van der Waals surface area contributed by atoms with E-state index < -0.39 is 0 Å². The van der Waals surface area contributed by atoms with Gasteiger partial charge in [0.1, 0.15) is 0 Å². The first-order chi connectivity index (χ1) is 37.9. The molecule has 0 fully saturated rings. The highest BCUT2D eigenvalue weighted by molar-refractivity contribution is 7.26. The minimum Gasteiger partial charge on any atom is -0.309 e. The van der Waals surface area contributed by atoms with Crippen molar-refractivity contribution >= 4 is 124 Å². The second-order valence-electron chi connectivity index (χ2n) is 18.3. The molecule has 0 spiro atoms. The fourth-order valence-electron chi connectivity index (χ4n) is 11.6. The fourth-order valence-corrected chi connectivity index (χ4v) is 12.7. The summed E-state index contributed by atoms with van der Waals surface area (Å²) in [6, 6.07) is 65.0. The predicted octanol–water partition coefficient (Wildman–Crippen LogP) is 16.8. The van der Waals surface area contributed by atoms with Gasteiger partial charge in [0.2, 0.25) is 11.9 Å². The lowest BCUT2D eigenvalue weighted by molar-refractivity contribution is 0.891. The smallest absolute Gasteiger partial charge is 0.240 e. The molecular formula is C64H36N8S. The third kappa shape index (κ3) is 5.55. The van der Waals surface area contributed by atoms with Crippen LogP contribution in [0, 0.1) is 6.57 Å². The van der Waals surface area contributed by atoms with Gasteiger partial charge in [0.15, 0.2) is 11.5 Å². The van der Waals surface area contributed by atoms with Gasteiger partial charge >= 0.3 is 0 Å². The minimum atomic E-state index is -0.359. The summed E-state index contributed by atoms with van der Waals surface area (Å²) in [6.45, 7) is 8.04. The Balaban J connectivity index is 1.13. The maximum absolute atomic E-state index is 9.57. The van der Waals surface area contributed by atoms with Crippen LogP contribution < -0.4 is 0 Å². The average molecular weight is 953 g/mol. The molecule has 9 heteroatoms. The number of thiophene rings is 1. The maximum atomic E-state index is 9.57. The summed E-state index contributed by atoms with van der Waals surface area (Å²) >= 11 is 1.78. The molecule has 0 aliphatic rings. The van der Waals surface area contributed by atoms with Crippen LogP contribution in [0.25, 0.3) is 147 Å². The van der Waals surface area contributed by atoms with Crippen molar-refractivity contribution in [2.24, 2.45) is 0 Å². The SMILES string of the molecule is [2H]c1c([2H])c([2H])c2c(c1[2H])c1ccccc1n2-c1nc(-c2c(-n3c4ccccc4c4cc([N+]#[C-])ccc43)cccc2-n2c3ccccc3c3ccc4sc5ccccc5c4c32)nc(-n2c3ccccc3c3ccccc32)n1. The predicted molar refractivity (Wildman–Crippen MR) is 302 cm³/mol. The molecule has 10 aromatic carbocycles. The van der Waals surface area contributed by atoms with Gasteiger partial charge in [-0.1, -0.05) is 146 Å². The lowest BCUT2D eigenvalue weighted by atomic mass is 10.1. The number of para-hydroxylation sites is 6. The molecule has 0 radical (unpaired) electrons. The Morgan fingerprint density at radius 3 is 1.56 bits per heavy atom. The van der Waals surface area contributed by atoms with Crippen molar-refractivity contribution < 1.29 is 5.48 Å². The van der Waals surface area contributed by atoms with Crippen molar-refractivity contribution in [2.75, 3.05) is 0 Å². The van der Waals surface area contributed by atoms with E-state index in [0.717, 1.165) is 92.3 Å². The molecule has 0 amide bonds. The Kier molecular flexibility index (Phi) is 7.45. The van der Waals surface area contributed by atoms with E-state index in [-0.39, 0.29) is 35.6 Å². The Hall–Kier alpha value is -9.88. The molecule has 338 valence electrons. The Bertz CT molecular complexity index is 5270. The van der Waals surface area contributed by atoms with Gasteiger partial charge in [-0.2, -0.15) is 15.0 Å². The summed E-state index contributed by atoms with van der Waals surface area (Å²) in [5.74, 6) is 0.801. The molecule has 0 N–H and O–H groups in total. The molecule has 0 saturated heterocycles. The molecular weight excluding hydrogens is 913 g/mol. The van der Waals surface area contributed by atoms with Crippen molar-refractivity contribution in [3.8, 4) is 34.7 Å². The van der Waals surface area contributed by atoms with Crippen LogP contribution in [0.4, 0.5) is 5.69 Å². The van der Waals surface area contributed by atoms with Crippen LogP contribution in [0.1, 0.15) is 5.48 Å². The van der Waals surface area contributed by atoms with E-state index in [9.17, 15) is 2.74 Å². The summed E-state index contributed by atoms with van der Waals surface area (Å²) in [5, 5.41) is 9.42. The van der Waals surface area contributed by atoms with E-state index in [1.165, 1.54) is 4.70 Å². The van der Waals surface area contributed by atoms with Crippen LogP contribution >= 0.6 is 11.3 Å². The van der Waals surface area contributed by atoms with Crippen LogP contribution in [-0.4, -0.2) is 33.2 Å². The molecule has 6 heterocycles. The minimum absolute atomic E-state index is 0.146. The Labute approximate surface area is 425 Å². The van der Waals surface area contributed by atoms with Gasteiger partial charge in [0, 0.05) is 57.9 Å². The summed E-state index contributed by atoms with van der Waals surface area (Å²) in [7, 11) is 0. The van der Waals surface area contributed by atoms with Gasteiger partial charge in [0.25, 0.3) is 0 Å². The highest BCUT2D eigenvalue weighted by atomic mass is 32.1. The average Bonchev–Trinajstić information content (AvgIpc) is 4.49. The molecule has 0 saturated carbocycles. The highest BCUT2D eigenvalue weighted by Crippen LogP contribution is 2.47. The standard InChI is InChI=1S/C64H36N8S/c1-65-38-33-35-54-47(37-38)44-22-7-9-24-48(44)69(54)55-30-16-31-56(70-49-25-10-6-21-43(49)45-34-36-58-59(61(45)70)46-23-8-15-32-57(46)73-58)60(55)62-66-63(71-50-26-11-2-17-39(50)40-18-3-12-27-51(40)71)68-64(67-62)72-52-28-13-4-19-41(52)42-20-5-14-29-53(42)72/h2-37H/i2D,11D,17D,26D. The van der Waals surface area contributed by atoms with Crippen molar-refractivity contribution in [2.45, 2.75) is 0 Å². The molecule has 16 aromatic rings. The van der Waals surface area contributed by atoms with Crippen LogP contribution in [0.3, 0.4) is 0 Å². The third-order valence-electron chi connectivity index (χ3n) is 14.6. The quantitative estimate of drug-likeness (QED) is 0.162. The second kappa shape index (κ2) is 15.1. The molecule has 16 rings (SSSR count). The van der Waals surface area contributed by atoms with Crippen LogP contribution in [0.2, 0.25) is 0 Å². The van der Waals surface area contributed by atoms with Crippen molar-refractivity contribution in [3.05, 3.63) is 230 Å². The first-order valence-corrected chi connectivity index (χ1v) is 24.8. The van der Waals surface area contributed by atoms with E-state index in [1.54, 1.807) is 15.9 Å². The van der Waals surface area contributed by atoms with Crippen LogP contribution in [0.5, 0.6) is 0 Å². The number of fused-ring (bicyclic) bond motifs is 16. The van der Waals surface area contributed by atoms with Gasteiger partial charge in [0.05, 0.1) is 73.1 Å². The number of hydrogen-bond donors (Lipinski definition) is 0. The Morgan fingerprint density at radius 1 is 0.397 bits per heavy atom. The second-order valence-corrected chi connectivity index (χ2v) is 19.4. The zero-order valence-corrected chi connectivity index (χ0v) is 39.3. The highest BCUT2D eigenvalue weighted by Gasteiger charge is 2.28. The van der Waals surface area contributed by atoms with E-state index in [4.69, 9.17) is 24.3 Å². The van der Waals surface area contributed by atoms with E-state index in [2.05, 4.69) is 134 Å². The first-order valence-electron chi connectivity index (χ1n) is 26.0. The molecule has 0 aliphatic carbocycles. The number of hydrogen-bond acceptors (Lipinski definition) is 4. The Morgan fingerprint density at radius 2 is 0.904 bits per heavy atom. The molecule has 73 heavy (non-hydrogen) atoms. The number of rotatable bonds is 5. The molecule has 0 unspecified atom stereocenters. The lowest BCUT2D eigenvalue weighted by Gasteiger charge is -2.20. The first kappa shape index (κ1) is 36.1. The number of benzene rings is 10. The number of aromatic nitrogens is 7. The topological polar surface area (TPSA) is 62.8 Å². The molecule has 8 nitrogen and oxygen atoms in total. The zero-order valence-electron chi connectivity index (χ0n) is 42.5. The summed E-state index contributed by atoms with van der Waals surface area (Å²) in [4.78, 5) is 20.6. The van der Waals surface area contributed by atoms with Gasteiger partial charge in [-0.25, -0.2) is 4.85 Å². The largest absolute Gasteiger partial charge is 0.309 e. The van der Waals surface area contributed by atoms with E-state index >= 15 is 0 Å². The maximum Gasteiger partial charge on any atom is 0.240 e. The molecule has 0 bridgehead atoms. The van der Waals surface area contributed by atoms with Crippen molar-refractivity contribution in [1.82, 2.24) is 33.2 Å². The van der Waals surface area contributed by atoms with E-state index in [0.29, 0.717) is 39.3 Å². The number of nitrogens with zero attached hydrogens (tertiary/aromatic N) is 8. The fraction of sp³-hybridized carbons (Fsp3) is 0. The normalized spacial score (nSPS) is 12.9. The van der Waals surface area contributed by atoms with Gasteiger partial charge in [-0.15, -0.1) is 11.3 Å². The zero-order chi connectivity index (χ0) is 51.4. The lowest BCUT2D eigenvalue weighted by Crippen LogP contribution is -2.12. The molecule has 0 atom stereocenters. The molecule has 0 aliphatic heterocycles. The van der Waals surface area contributed by atoms with Crippen molar-refractivity contribution in [1.29, 1.82) is 0 Å². The van der Waals surface area contributed by atoms with Gasteiger partial charge in [-0.3, -0.25) is 9.13 Å².